The Kier molecular flexibility index (Phi) is 11.3. The van der Waals surface area contributed by atoms with E-state index in [2.05, 4.69) is 152 Å². The molecule has 204 valence electrons. The Morgan fingerprint density at radius 1 is 0.548 bits per heavy atom. The summed E-state index contributed by atoms with van der Waals surface area (Å²) in [6, 6.07) is 49.6. The summed E-state index contributed by atoms with van der Waals surface area (Å²) in [5.41, 5.74) is 2.66. The summed E-state index contributed by atoms with van der Waals surface area (Å²) < 4.78 is 1.42. The van der Waals surface area contributed by atoms with Crippen LogP contribution >= 0.6 is 24.8 Å². The standard InChI is InChI=1S/C21H13.C13H10.C5H5.2ClH.Zr/c1-2-8-15-14(7-1)13-20-18-11-4-3-9-16(18)17-10-5-6-12-19(17)21(15)20;1-3-7-12(8-4-1)11-13-9-5-2-6-10-13;1-2-4-5-3-1;;;/h1-13H;1-10H;1-3H,4H2;2*1H;/q-1;;-1;;;+2. The van der Waals surface area contributed by atoms with Crippen LogP contribution in [0.15, 0.2) is 158 Å². The van der Waals surface area contributed by atoms with Gasteiger partial charge in [-0.25, -0.2) is 12.2 Å². The zero-order valence-electron chi connectivity index (χ0n) is 23.0. The van der Waals surface area contributed by atoms with Crippen molar-refractivity contribution < 1.29 is 24.2 Å². The third-order valence-electron chi connectivity index (χ3n) is 7.21. The SMILES string of the molecule is Cl.Cl.[C-]1=CC=CC1.[Zr+2]=[C](c1ccccc1)c1ccccc1.c1ccc2c(c1)[cH-]c1c3ccccc3c3ccccc3c21. The maximum absolute atomic E-state index is 2.99. The molecule has 1 aliphatic rings. The van der Waals surface area contributed by atoms with E-state index in [1.54, 1.807) is 0 Å². The first-order valence-electron chi connectivity index (χ1n) is 13.6. The molecule has 0 saturated heterocycles. The van der Waals surface area contributed by atoms with Gasteiger partial charge in [0.2, 0.25) is 0 Å². The van der Waals surface area contributed by atoms with Gasteiger partial charge in [0.25, 0.3) is 0 Å². The van der Waals surface area contributed by atoms with Crippen LogP contribution in [0, 0.1) is 6.08 Å². The molecule has 0 fully saturated rings. The van der Waals surface area contributed by atoms with E-state index in [0.29, 0.717) is 0 Å². The van der Waals surface area contributed by atoms with Gasteiger partial charge in [-0.15, -0.1) is 64.9 Å². The molecule has 0 amide bonds. The second kappa shape index (κ2) is 15.1. The van der Waals surface area contributed by atoms with Gasteiger partial charge in [-0.2, -0.15) is 6.08 Å². The molecule has 0 spiro atoms. The van der Waals surface area contributed by atoms with Gasteiger partial charge in [0.1, 0.15) is 0 Å². The third-order valence-corrected chi connectivity index (χ3v) is 8.63. The number of allylic oxidation sites excluding steroid dienone is 4. The van der Waals surface area contributed by atoms with E-state index in [1.807, 2.05) is 12.2 Å². The van der Waals surface area contributed by atoms with Crippen molar-refractivity contribution in [3.8, 4) is 0 Å². The molecule has 0 nitrogen and oxygen atoms in total. The van der Waals surface area contributed by atoms with Gasteiger partial charge in [-0.05, 0) is 10.8 Å². The topological polar surface area (TPSA) is 0 Å². The quantitative estimate of drug-likeness (QED) is 0.128. The monoisotopic (exact) mass is 658 g/mol. The summed E-state index contributed by atoms with van der Waals surface area (Å²) in [5, 5.41) is 10.8. The Balaban J connectivity index is 0.000000168. The van der Waals surface area contributed by atoms with Crippen LogP contribution in [-0.2, 0) is 24.2 Å². The fourth-order valence-electron chi connectivity index (χ4n) is 5.33. The zero-order valence-corrected chi connectivity index (χ0v) is 27.1. The van der Waals surface area contributed by atoms with Gasteiger partial charge in [0.05, 0.1) is 0 Å². The second-order valence-corrected chi connectivity index (χ2v) is 11.0. The second-order valence-electron chi connectivity index (χ2n) is 9.72. The molecule has 0 bridgehead atoms. The zero-order chi connectivity index (χ0) is 27.1. The summed E-state index contributed by atoms with van der Waals surface area (Å²) >= 11 is 1.46. The smallest absolute Gasteiger partial charge is 0.0255 e. The largest absolute Gasteiger partial charge is 0.126 e. The molecule has 0 heterocycles. The number of fused-ring (bicyclic) bond motifs is 8. The molecule has 0 unspecified atom stereocenters. The van der Waals surface area contributed by atoms with Crippen LogP contribution < -0.4 is 0 Å². The molecule has 0 aliphatic heterocycles. The average molecular weight is 661 g/mol. The molecule has 1 aliphatic carbocycles. The molecule has 42 heavy (non-hydrogen) atoms. The van der Waals surface area contributed by atoms with Crippen molar-refractivity contribution in [2.24, 2.45) is 0 Å². The van der Waals surface area contributed by atoms with E-state index in [0.717, 1.165) is 6.42 Å². The van der Waals surface area contributed by atoms with E-state index in [4.69, 9.17) is 0 Å². The molecule has 7 aromatic rings. The van der Waals surface area contributed by atoms with Gasteiger partial charge < -0.3 is 0 Å². The van der Waals surface area contributed by atoms with E-state index in [9.17, 15) is 0 Å². The third kappa shape index (κ3) is 6.77. The molecular formula is C39H30Cl2Zr. The number of benzene rings is 6. The minimum absolute atomic E-state index is 0. The fraction of sp³-hybridized carbons (Fsp3) is 0.0256. The van der Waals surface area contributed by atoms with Crippen LogP contribution in [0.5, 0.6) is 0 Å². The van der Waals surface area contributed by atoms with E-state index in [1.165, 1.54) is 81.7 Å². The minimum Gasteiger partial charge on any atom is -0.126 e. The molecule has 0 radical (unpaired) electrons. The first kappa shape index (κ1) is 31.5. The molecule has 0 atom stereocenters. The Morgan fingerprint density at radius 3 is 1.55 bits per heavy atom. The van der Waals surface area contributed by atoms with Gasteiger partial charge in [-0.1, -0.05) is 77.5 Å². The summed E-state index contributed by atoms with van der Waals surface area (Å²) in [6.07, 6.45) is 10.0. The molecular weight excluding hydrogens is 631 g/mol. The summed E-state index contributed by atoms with van der Waals surface area (Å²) in [4.78, 5) is 0. The van der Waals surface area contributed by atoms with Crippen LogP contribution in [0.3, 0.4) is 0 Å². The van der Waals surface area contributed by atoms with E-state index < -0.39 is 0 Å². The number of hydrogen-bond donors (Lipinski definition) is 0. The predicted molar refractivity (Wildman–Crippen MR) is 184 cm³/mol. The Hall–Kier alpha value is -3.48. The average Bonchev–Trinajstić information content (AvgIpc) is 3.75. The fourth-order valence-corrected chi connectivity index (χ4v) is 6.15. The summed E-state index contributed by atoms with van der Waals surface area (Å²) in [7, 11) is 0. The van der Waals surface area contributed by atoms with Crippen molar-refractivity contribution in [3.05, 3.63) is 175 Å². The summed E-state index contributed by atoms with van der Waals surface area (Å²) in [5.74, 6) is 0. The van der Waals surface area contributed by atoms with Crippen LogP contribution in [-0.4, -0.2) is 3.21 Å². The van der Waals surface area contributed by atoms with Gasteiger partial charge in [-0.3, -0.25) is 6.08 Å². The van der Waals surface area contributed by atoms with Crippen molar-refractivity contribution >= 4 is 71.1 Å². The van der Waals surface area contributed by atoms with Crippen molar-refractivity contribution in [3.63, 3.8) is 0 Å². The van der Waals surface area contributed by atoms with Crippen molar-refractivity contribution in [2.75, 3.05) is 0 Å². The molecule has 8 rings (SSSR count). The number of halogens is 2. The van der Waals surface area contributed by atoms with Gasteiger partial charge >= 0.3 is 99.2 Å². The maximum Gasteiger partial charge on any atom is -0.0255 e. The molecule has 7 aromatic carbocycles. The number of hydrogen-bond acceptors (Lipinski definition) is 0. The van der Waals surface area contributed by atoms with Gasteiger partial charge in [0.15, 0.2) is 0 Å². The molecule has 0 aromatic heterocycles. The molecule has 3 heteroatoms. The van der Waals surface area contributed by atoms with Crippen LogP contribution in [0.4, 0.5) is 0 Å². The summed E-state index contributed by atoms with van der Waals surface area (Å²) in [6.45, 7) is 0. The van der Waals surface area contributed by atoms with Crippen LogP contribution in [0.2, 0.25) is 0 Å². The Labute approximate surface area is 274 Å². The van der Waals surface area contributed by atoms with Gasteiger partial charge in [0, 0.05) is 0 Å². The molecule has 0 saturated carbocycles. The van der Waals surface area contributed by atoms with E-state index >= 15 is 0 Å². The first-order chi connectivity index (χ1) is 19.8. The predicted octanol–water partition coefficient (Wildman–Crippen LogP) is 11.0. The molecule has 0 N–H and O–H groups in total. The Bertz CT molecular complexity index is 1930. The Morgan fingerprint density at radius 2 is 1.02 bits per heavy atom. The van der Waals surface area contributed by atoms with Crippen molar-refractivity contribution in [1.29, 1.82) is 0 Å². The van der Waals surface area contributed by atoms with Crippen molar-refractivity contribution in [1.82, 2.24) is 0 Å². The first-order valence-corrected chi connectivity index (χ1v) is 14.8. The number of rotatable bonds is 2. The minimum atomic E-state index is 0. The maximum atomic E-state index is 2.99. The van der Waals surface area contributed by atoms with Crippen LogP contribution in [0.1, 0.15) is 17.5 Å². The van der Waals surface area contributed by atoms with E-state index in [-0.39, 0.29) is 24.8 Å². The van der Waals surface area contributed by atoms with Crippen molar-refractivity contribution in [2.45, 2.75) is 6.42 Å². The normalized spacial score (nSPS) is 11.3. The van der Waals surface area contributed by atoms with Crippen LogP contribution in [0.25, 0.3) is 43.1 Å².